The van der Waals surface area contributed by atoms with Crippen LogP contribution in [0.4, 0.5) is 0 Å². The molecule has 0 rings (SSSR count). The van der Waals surface area contributed by atoms with Crippen molar-refractivity contribution in [3.05, 3.63) is 0 Å². The van der Waals surface area contributed by atoms with Gasteiger partial charge >= 0.3 is 5.97 Å². The molecule has 2 unspecified atom stereocenters. The molecule has 0 fully saturated rings. The van der Waals surface area contributed by atoms with Gasteiger partial charge in [-0.15, -0.1) is 0 Å². The summed E-state index contributed by atoms with van der Waals surface area (Å²) in [6, 6.07) is 0. The molecule has 2 atom stereocenters. The number of hydrogen-bond donors (Lipinski definition) is 4. The third-order valence-electron chi connectivity index (χ3n) is 4.84. The Balaban J connectivity index is 3.14. The van der Waals surface area contributed by atoms with Crippen molar-refractivity contribution in [2.24, 2.45) is 0 Å². The van der Waals surface area contributed by atoms with Gasteiger partial charge in [0, 0.05) is 13.0 Å². The summed E-state index contributed by atoms with van der Waals surface area (Å²) in [6.07, 6.45) is 13.9. The zero-order valence-electron chi connectivity index (χ0n) is 18.1. The van der Waals surface area contributed by atoms with Crippen LogP contribution in [0.15, 0.2) is 0 Å². The lowest BCUT2D eigenvalue weighted by atomic mass is 10.0. The monoisotopic (exact) mass is 420 g/mol. The summed E-state index contributed by atoms with van der Waals surface area (Å²) in [5.74, 6) is -0.300. The molecule has 0 radical (unpaired) electrons. The lowest BCUT2D eigenvalue weighted by Crippen LogP contribution is -2.21. The summed E-state index contributed by atoms with van der Waals surface area (Å²) in [4.78, 5) is 11.4. The largest absolute Gasteiger partial charge is 0.463 e. The fourth-order valence-corrected chi connectivity index (χ4v) is 3.00. The highest BCUT2D eigenvalue weighted by atomic mass is 16.5. The van der Waals surface area contributed by atoms with Gasteiger partial charge in [-0.1, -0.05) is 70.6 Å². The molecule has 0 heterocycles. The predicted octanol–water partition coefficient (Wildman–Crippen LogP) is 2.71. The van der Waals surface area contributed by atoms with Crippen LogP contribution in [0.3, 0.4) is 0 Å². The van der Waals surface area contributed by atoms with Crippen LogP contribution in [0.25, 0.3) is 0 Å². The van der Waals surface area contributed by atoms with Crippen LogP contribution >= 0.6 is 0 Å². The second-order valence-electron chi connectivity index (χ2n) is 7.78. The molecule has 0 aliphatic heterocycles. The van der Waals surface area contributed by atoms with E-state index in [-0.39, 0.29) is 32.4 Å². The molecule has 0 aromatic heterocycles. The quantitative estimate of drug-likeness (QED) is 0.157. The molecule has 0 aliphatic rings. The average molecular weight is 421 g/mol. The highest BCUT2D eigenvalue weighted by Crippen LogP contribution is 2.13. The predicted molar refractivity (Wildman–Crippen MR) is 113 cm³/mol. The maximum atomic E-state index is 11.4. The summed E-state index contributed by atoms with van der Waals surface area (Å²) in [7, 11) is 0. The Kier molecular flexibility index (Phi) is 21.4. The van der Waals surface area contributed by atoms with E-state index >= 15 is 0 Å². The molecular formula is C22H44O7. The van der Waals surface area contributed by atoms with Gasteiger partial charge in [0.2, 0.25) is 0 Å². The number of hydrogen-bond acceptors (Lipinski definition) is 7. The van der Waals surface area contributed by atoms with E-state index in [0.717, 1.165) is 32.1 Å². The van der Waals surface area contributed by atoms with Gasteiger partial charge in [0.1, 0.15) is 18.8 Å². The smallest absolute Gasteiger partial charge is 0.305 e. The maximum absolute atomic E-state index is 11.4. The van der Waals surface area contributed by atoms with Gasteiger partial charge in [-0.3, -0.25) is 4.79 Å². The third-order valence-corrected chi connectivity index (χ3v) is 4.84. The maximum Gasteiger partial charge on any atom is 0.305 e. The molecule has 0 saturated carbocycles. The topological polar surface area (TPSA) is 116 Å². The van der Waals surface area contributed by atoms with Crippen LogP contribution in [0.2, 0.25) is 0 Å². The van der Waals surface area contributed by atoms with E-state index in [0.29, 0.717) is 13.0 Å². The lowest BCUT2D eigenvalue weighted by Gasteiger charge is -2.08. The number of esters is 1. The van der Waals surface area contributed by atoms with E-state index < -0.39 is 12.2 Å². The molecule has 7 heteroatoms. The van der Waals surface area contributed by atoms with Gasteiger partial charge < -0.3 is 29.9 Å². The highest BCUT2D eigenvalue weighted by molar-refractivity contribution is 5.69. The first-order chi connectivity index (χ1) is 14.1. The second kappa shape index (κ2) is 22.0. The van der Waals surface area contributed by atoms with Crippen molar-refractivity contribution in [3.8, 4) is 0 Å². The average Bonchev–Trinajstić information content (AvgIpc) is 2.73. The zero-order valence-corrected chi connectivity index (χ0v) is 18.1. The first kappa shape index (κ1) is 28.3. The summed E-state index contributed by atoms with van der Waals surface area (Å²) < 4.78 is 10.1. The van der Waals surface area contributed by atoms with E-state index in [1.807, 2.05) is 0 Å². The number of rotatable bonds is 22. The van der Waals surface area contributed by atoms with Crippen molar-refractivity contribution < 1.29 is 34.7 Å². The SMILES string of the molecule is O=C(CCCCCCCCCCCCCCCOCC(O)CO)OCC(O)CO. The van der Waals surface area contributed by atoms with Gasteiger partial charge in [0.05, 0.1) is 19.8 Å². The van der Waals surface area contributed by atoms with Crippen LogP contribution in [0.1, 0.15) is 89.9 Å². The van der Waals surface area contributed by atoms with Gasteiger partial charge in [-0.2, -0.15) is 0 Å². The Hall–Kier alpha value is -0.730. The van der Waals surface area contributed by atoms with Crippen molar-refractivity contribution >= 4 is 5.97 Å². The molecule has 4 N–H and O–H groups in total. The van der Waals surface area contributed by atoms with E-state index in [4.69, 9.17) is 29.9 Å². The number of ether oxygens (including phenoxy) is 2. The van der Waals surface area contributed by atoms with Crippen LogP contribution in [-0.4, -0.2) is 71.6 Å². The van der Waals surface area contributed by atoms with E-state index in [1.165, 1.54) is 51.4 Å². The summed E-state index contributed by atoms with van der Waals surface area (Å²) >= 11 is 0. The first-order valence-electron chi connectivity index (χ1n) is 11.4. The van der Waals surface area contributed by atoms with E-state index in [1.54, 1.807) is 0 Å². The van der Waals surface area contributed by atoms with Crippen molar-refractivity contribution in [1.82, 2.24) is 0 Å². The zero-order chi connectivity index (χ0) is 21.6. The Morgan fingerprint density at radius 1 is 0.621 bits per heavy atom. The van der Waals surface area contributed by atoms with Crippen LogP contribution in [-0.2, 0) is 14.3 Å². The normalized spacial score (nSPS) is 13.4. The van der Waals surface area contributed by atoms with Crippen LogP contribution in [0.5, 0.6) is 0 Å². The number of carbonyl (C=O) groups excluding carboxylic acids is 1. The molecule has 0 bridgehead atoms. The molecule has 0 saturated heterocycles. The molecule has 0 amide bonds. The van der Waals surface area contributed by atoms with Gasteiger partial charge in [-0.25, -0.2) is 0 Å². The van der Waals surface area contributed by atoms with Gasteiger partial charge in [0.15, 0.2) is 0 Å². The molecule has 29 heavy (non-hydrogen) atoms. The van der Waals surface area contributed by atoms with Crippen molar-refractivity contribution in [3.63, 3.8) is 0 Å². The molecule has 0 spiro atoms. The molecule has 0 aromatic rings. The Bertz CT molecular complexity index is 352. The summed E-state index contributed by atoms with van der Waals surface area (Å²) in [5.41, 5.74) is 0. The minimum atomic E-state index is -0.975. The Morgan fingerprint density at radius 2 is 1.03 bits per heavy atom. The molecular weight excluding hydrogens is 376 g/mol. The molecule has 0 aromatic carbocycles. The summed E-state index contributed by atoms with van der Waals surface area (Å²) in [6.45, 7) is 0.127. The number of aliphatic hydroxyl groups excluding tert-OH is 4. The second-order valence-corrected chi connectivity index (χ2v) is 7.78. The Labute approximate surface area is 176 Å². The number of aliphatic hydroxyl groups is 4. The third kappa shape index (κ3) is 21.8. The van der Waals surface area contributed by atoms with E-state index in [9.17, 15) is 4.79 Å². The van der Waals surface area contributed by atoms with E-state index in [2.05, 4.69) is 0 Å². The lowest BCUT2D eigenvalue weighted by molar-refractivity contribution is -0.147. The number of unbranched alkanes of at least 4 members (excludes halogenated alkanes) is 12. The van der Waals surface area contributed by atoms with Gasteiger partial charge in [0.25, 0.3) is 0 Å². The standard InChI is InChI=1S/C22H44O7/c23-16-20(25)18-28-15-13-11-9-7-5-3-1-2-4-6-8-10-12-14-22(27)29-19-21(26)17-24/h20-21,23-26H,1-19H2. The fourth-order valence-electron chi connectivity index (χ4n) is 3.00. The minimum absolute atomic E-state index is 0.125. The van der Waals surface area contributed by atoms with Crippen LogP contribution < -0.4 is 0 Å². The fraction of sp³-hybridized carbons (Fsp3) is 0.955. The minimum Gasteiger partial charge on any atom is -0.463 e. The molecule has 174 valence electrons. The van der Waals surface area contributed by atoms with Crippen molar-refractivity contribution in [2.45, 2.75) is 102 Å². The van der Waals surface area contributed by atoms with Crippen molar-refractivity contribution in [1.29, 1.82) is 0 Å². The van der Waals surface area contributed by atoms with Crippen molar-refractivity contribution in [2.75, 3.05) is 33.0 Å². The first-order valence-corrected chi connectivity index (χ1v) is 11.4. The number of carbonyl (C=O) groups is 1. The van der Waals surface area contributed by atoms with Crippen LogP contribution in [0, 0.1) is 0 Å². The highest BCUT2D eigenvalue weighted by Gasteiger charge is 2.07. The Morgan fingerprint density at radius 3 is 1.52 bits per heavy atom. The summed E-state index contributed by atoms with van der Waals surface area (Å²) in [5, 5.41) is 35.5. The van der Waals surface area contributed by atoms with Gasteiger partial charge in [-0.05, 0) is 12.8 Å². The molecule has 0 aliphatic carbocycles. The molecule has 7 nitrogen and oxygen atoms in total.